The maximum absolute atomic E-state index is 11.8. The Morgan fingerprint density at radius 1 is 1.35 bits per heavy atom. The molecule has 0 spiro atoms. The molecule has 0 saturated heterocycles. The molecule has 0 aliphatic heterocycles. The number of hydrogen-bond donors (Lipinski definition) is 2. The Kier molecular flexibility index (Phi) is 3.78. The Morgan fingerprint density at radius 3 is 2.70 bits per heavy atom. The zero-order chi connectivity index (χ0) is 14.7. The van der Waals surface area contributed by atoms with Crippen LogP contribution in [0.5, 0.6) is 0 Å². The van der Waals surface area contributed by atoms with Gasteiger partial charge in [0.05, 0.1) is 11.9 Å². The molecule has 0 aliphatic rings. The summed E-state index contributed by atoms with van der Waals surface area (Å²) in [5.41, 5.74) is 0.816. The molecule has 2 aromatic rings. The summed E-state index contributed by atoms with van der Waals surface area (Å²) in [7, 11) is 1.74. The fraction of sp³-hybridized carbons (Fsp3) is 0.364. The van der Waals surface area contributed by atoms with E-state index in [1.807, 2.05) is 6.92 Å². The fourth-order valence-electron chi connectivity index (χ4n) is 1.67. The van der Waals surface area contributed by atoms with Crippen LogP contribution in [0, 0.1) is 6.92 Å². The normalized spacial score (nSPS) is 10.3. The van der Waals surface area contributed by atoms with Gasteiger partial charge in [-0.15, -0.1) is 5.10 Å². The summed E-state index contributed by atoms with van der Waals surface area (Å²) in [6, 6.07) is 1.77. The van der Waals surface area contributed by atoms with E-state index in [1.54, 1.807) is 17.8 Å². The molecule has 9 heteroatoms. The van der Waals surface area contributed by atoms with Crippen LogP contribution in [0.15, 0.2) is 12.3 Å². The quantitative estimate of drug-likeness (QED) is 0.812. The van der Waals surface area contributed by atoms with Crippen molar-refractivity contribution in [1.82, 2.24) is 24.8 Å². The molecule has 0 aliphatic carbocycles. The van der Waals surface area contributed by atoms with Gasteiger partial charge in [0.15, 0.2) is 5.82 Å². The molecule has 0 saturated carbocycles. The number of hydrogen-bond acceptors (Lipinski definition) is 5. The number of aromatic nitrogens is 5. The summed E-state index contributed by atoms with van der Waals surface area (Å²) in [5.74, 6) is 0.413. The third-order valence-corrected chi connectivity index (χ3v) is 2.42. The van der Waals surface area contributed by atoms with Crippen LogP contribution in [0.2, 0.25) is 0 Å². The highest BCUT2D eigenvalue weighted by molar-refractivity contribution is 5.90. The van der Waals surface area contributed by atoms with Crippen molar-refractivity contribution >= 4 is 23.5 Å². The lowest BCUT2D eigenvalue weighted by Crippen LogP contribution is -2.20. The minimum Gasteiger partial charge on any atom is -0.309 e. The van der Waals surface area contributed by atoms with Gasteiger partial charge in [-0.1, -0.05) is 5.21 Å². The molecule has 0 bridgehead atoms. The van der Waals surface area contributed by atoms with Crippen molar-refractivity contribution < 1.29 is 9.59 Å². The van der Waals surface area contributed by atoms with Crippen molar-refractivity contribution in [2.45, 2.75) is 20.4 Å². The summed E-state index contributed by atoms with van der Waals surface area (Å²) in [6.45, 7) is 3.21. The Bertz CT molecular complexity index is 643. The topological polar surface area (TPSA) is 107 Å². The third-order valence-electron chi connectivity index (χ3n) is 2.42. The van der Waals surface area contributed by atoms with E-state index in [9.17, 15) is 9.59 Å². The van der Waals surface area contributed by atoms with Crippen molar-refractivity contribution in [2.24, 2.45) is 7.05 Å². The van der Waals surface area contributed by atoms with Gasteiger partial charge in [0, 0.05) is 20.0 Å². The van der Waals surface area contributed by atoms with Crippen molar-refractivity contribution in [1.29, 1.82) is 0 Å². The average molecular weight is 277 g/mol. The molecule has 2 N–H and O–H groups in total. The predicted octanol–water partition coefficient (Wildman–Crippen LogP) is -0.0829. The van der Waals surface area contributed by atoms with Crippen molar-refractivity contribution in [2.75, 3.05) is 10.6 Å². The second kappa shape index (κ2) is 5.51. The van der Waals surface area contributed by atoms with E-state index >= 15 is 0 Å². The van der Waals surface area contributed by atoms with Gasteiger partial charge < -0.3 is 10.6 Å². The number of amides is 2. The minimum atomic E-state index is -0.257. The van der Waals surface area contributed by atoms with Crippen LogP contribution >= 0.6 is 0 Å². The van der Waals surface area contributed by atoms with Crippen molar-refractivity contribution in [3.63, 3.8) is 0 Å². The van der Waals surface area contributed by atoms with Crippen LogP contribution in [0.25, 0.3) is 0 Å². The summed E-state index contributed by atoms with van der Waals surface area (Å²) in [5, 5.41) is 16.8. The highest BCUT2D eigenvalue weighted by Gasteiger charge is 2.09. The van der Waals surface area contributed by atoms with Gasteiger partial charge in [0.25, 0.3) is 0 Å². The first-order chi connectivity index (χ1) is 9.44. The second-order valence-corrected chi connectivity index (χ2v) is 4.33. The third kappa shape index (κ3) is 3.40. The van der Waals surface area contributed by atoms with E-state index in [-0.39, 0.29) is 18.4 Å². The van der Waals surface area contributed by atoms with Crippen LogP contribution < -0.4 is 10.6 Å². The fourth-order valence-corrected chi connectivity index (χ4v) is 1.67. The first kappa shape index (κ1) is 13.7. The van der Waals surface area contributed by atoms with Crippen LogP contribution in [0.3, 0.4) is 0 Å². The zero-order valence-electron chi connectivity index (χ0n) is 11.4. The molecule has 20 heavy (non-hydrogen) atoms. The Morgan fingerprint density at radius 2 is 2.10 bits per heavy atom. The molecule has 0 radical (unpaired) electrons. The maximum atomic E-state index is 11.8. The van der Waals surface area contributed by atoms with Crippen molar-refractivity contribution in [3.05, 3.63) is 18.0 Å². The molecule has 0 atom stereocenters. The Balaban J connectivity index is 1.96. The van der Waals surface area contributed by atoms with Gasteiger partial charge in [-0.2, -0.15) is 5.10 Å². The van der Waals surface area contributed by atoms with Gasteiger partial charge >= 0.3 is 0 Å². The molecule has 9 nitrogen and oxygen atoms in total. The standard InChI is InChI=1S/C11H15N7O2/c1-7-4-10(17(3)15-7)13-11(20)6-18-5-9(14-16-18)12-8(2)19/h4-5H,6H2,1-3H3,(H,12,19)(H,13,20). The zero-order valence-corrected chi connectivity index (χ0v) is 11.4. The minimum absolute atomic E-state index is 0.00316. The van der Waals surface area contributed by atoms with Crippen LogP contribution in [-0.4, -0.2) is 36.6 Å². The maximum Gasteiger partial charge on any atom is 0.247 e. The number of nitrogens with zero attached hydrogens (tertiary/aromatic N) is 5. The molecule has 2 aromatic heterocycles. The number of nitrogens with one attached hydrogen (secondary N) is 2. The van der Waals surface area contributed by atoms with Gasteiger partial charge in [-0.3, -0.25) is 14.3 Å². The van der Waals surface area contributed by atoms with Gasteiger partial charge in [-0.25, -0.2) is 4.68 Å². The summed E-state index contributed by atoms with van der Waals surface area (Å²) in [6.07, 6.45) is 1.48. The average Bonchev–Trinajstić information content (AvgIpc) is 2.85. The largest absolute Gasteiger partial charge is 0.309 e. The first-order valence-electron chi connectivity index (χ1n) is 5.92. The lowest BCUT2D eigenvalue weighted by atomic mass is 10.4. The van der Waals surface area contributed by atoms with E-state index in [4.69, 9.17) is 0 Å². The van der Waals surface area contributed by atoms with Gasteiger partial charge in [0.1, 0.15) is 12.4 Å². The van der Waals surface area contributed by atoms with Crippen LogP contribution in [0.4, 0.5) is 11.6 Å². The molecule has 2 heterocycles. The molecule has 0 fully saturated rings. The van der Waals surface area contributed by atoms with Crippen LogP contribution in [0.1, 0.15) is 12.6 Å². The second-order valence-electron chi connectivity index (χ2n) is 4.33. The monoisotopic (exact) mass is 277 g/mol. The van der Waals surface area contributed by atoms with E-state index in [0.29, 0.717) is 11.6 Å². The number of carbonyl (C=O) groups excluding carboxylic acids is 2. The molecular weight excluding hydrogens is 262 g/mol. The molecule has 2 amide bonds. The SMILES string of the molecule is CC(=O)Nc1cn(CC(=O)Nc2cc(C)nn2C)nn1. The van der Waals surface area contributed by atoms with Crippen LogP contribution in [-0.2, 0) is 23.2 Å². The lowest BCUT2D eigenvalue weighted by molar-refractivity contribution is -0.117. The first-order valence-corrected chi connectivity index (χ1v) is 5.92. The number of rotatable bonds is 4. The van der Waals surface area contributed by atoms with Gasteiger partial charge in [-0.05, 0) is 6.92 Å². The molecule has 0 aromatic carbocycles. The molecule has 106 valence electrons. The highest BCUT2D eigenvalue weighted by atomic mass is 16.2. The summed E-state index contributed by atoms with van der Waals surface area (Å²) >= 11 is 0. The Hall–Kier alpha value is -2.71. The van der Waals surface area contributed by atoms with E-state index < -0.39 is 0 Å². The summed E-state index contributed by atoms with van der Waals surface area (Å²) in [4.78, 5) is 22.7. The van der Waals surface area contributed by atoms with Crippen molar-refractivity contribution in [3.8, 4) is 0 Å². The number of aryl methyl sites for hydroxylation is 2. The van der Waals surface area contributed by atoms with E-state index in [0.717, 1.165) is 5.69 Å². The highest BCUT2D eigenvalue weighted by Crippen LogP contribution is 2.08. The Labute approximate surface area is 115 Å². The predicted molar refractivity (Wildman–Crippen MR) is 70.9 cm³/mol. The number of anilines is 2. The number of carbonyl (C=O) groups is 2. The van der Waals surface area contributed by atoms with E-state index in [1.165, 1.54) is 17.8 Å². The smallest absolute Gasteiger partial charge is 0.247 e. The lowest BCUT2D eigenvalue weighted by Gasteiger charge is -2.04. The molecular formula is C11H15N7O2. The molecule has 2 rings (SSSR count). The van der Waals surface area contributed by atoms with Gasteiger partial charge in [0.2, 0.25) is 11.8 Å². The van der Waals surface area contributed by atoms with E-state index in [2.05, 4.69) is 26.0 Å². The molecule has 0 unspecified atom stereocenters. The summed E-state index contributed by atoms with van der Waals surface area (Å²) < 4.78 is 2.92.